The normalized spacial score (nSPS) is 9.76. The Balaban J connectivity index is 2.14. The lowest BCUT2D eigenvalue weighted by Crippen LogP contribution is -2.03. The zero-order valence-electron chi connectivity index (χ0n) is 11.3. The van der Waals surface area contributed by atoms with Gasteiger partial charge in [0.2, 0.25) is 0 Å². The number of halogens is 1. The predicted molar refractivity (Wildman–Crippen MR) is 81.0 cm³/mol. The van der Waals surface area contributed by atoms with Gasteiger partial charge in [-0.2, -0.15) is 5.26 Å². The molecule has 0 aliphatic heterocycles. The Labute approximate surface area is 131 Å². The second kappa shape index (κ2) is 6.91. The number of carbonyl (C=O) groups excluding carboxylic acids is 1. The van der Waals surface area contributed by atoms with Crippen molar-refractivity contribution in [3.8, 4) is 11.8 Å². The molecule has 21 heavy (non-hydrogen) atoms. The van der Waals surface area contributed by atoms with Crippen molar-refractivity contribution >= 4 is 21.9 Å². The molecule has 0 unspecified atom stereocenters. The van der Waals surface area contributed by atoms with E-state index in [2.05, 4.69) is 26.7 Å². The summed E-state index contributed by atoms with van der Waals surface area (Å²) in [5.74, 6) is 0.141. The van der Waals surface area contributed by atoms with Crippen LogP contribution < -0.4 is 4.74 Å². The Morgan fingerprint density at radius 2 is 2.05 bits per heavy atom. The second-order valence-corrected chi connectivity index (χ2v) is 5.05. The summed E-state index contributed by atoms with van der Waals surface area (Å²) in [5, 5.41) is 9.00. The van der Waals surface area contributed by atoms with Crippen LogP contribution in [0.5, 0.6) is 5.75 Å². The average molecular weight is 346 g/mol. The van der Waals surface area contributed by atoms with E-state index < -0.39 is 5.97 Å². The summed E-state index contributed by atoms with van der Waals surface area (Å²) in [6, 6.07) is 14.3. The van der Waals surface area contributed by atoms with E-state index in [9.17, 15) is 4.79 Å². The number of carbonyl (C=O) groups is 1. The maximum atomic E-state index is 11.4. The van der Waals surface area contributed by atoms with E-state index in [0.29, 0.717) is 23.5 Å². The second-order valence-electron chi connectivity index (χ2n) is 4.19. The quantitative estimate of drug-likeness (QED) is 0.793. The number of esters is 1. The van der Waals surface area contributed by atoms with Crippen molar-refractivity contribution < 1.29 is 14.3 Å². The van der Waals surface area contributed by atoms with E-state index in [1.54, 1.807) is 36.4 Å². The molecule has 0 atom stereocenters. The molecule has 0 bridgehead atoms. The van der Waals surface area contributed by atoms with Gasteiger partial charge in [-0.15, -0.1) is 0 Å². The summed E-state index contributed by atoms with van der Waals surface area (Å²) >= 11 is 3.40. The first-order valence-electron chi connectivity index (χ1n) is 6.14. The van der Waals surface area contributed by atoms with Crippen LogP contribution in [0.3, 0.4) is 0 Å². The zero-order valence-corrected chi connectivity index (χ0v) is 12.9. The molecule has 0 fully saturated rings. The summed E-state index contributed by atoms with van der Waals surface area (Å²) in [4.78, 5) is 11.4. The molecule has 0 spiro atoms. The Morgan fingerprint density at radius 1 is 1.29 bits per heavy atom. The number of rotatable bonds is 4. The molecule has 106 valence electrons. The van der Waals surface area contributed by atoms with Gasteiger partial charge in [-0.3, -0.25) is 0 Å². The first-order valence-corrected chi connectivity index (χ1v) is 6.93. The van der Waals surface area contributed by atoms with Crippen LogP contribution in [0.4, 0.5) is 0 Å². The van der Waals surface area contributed by atoms with Gasteiger partial charge in [-0.1, -0.05) is 34.1 Å². The van der Waals surface area contributed by atoms with E-state index in [4.69, 9.17) is 10.00 Å². The fraction of sp³-hybridized carbons (Fsp3) is 0.125. The Kier molecular flexibility index (Phi) is 4.96. The minimum atomic E-state index is -0.391. The topological polar surface area (TPSA) is 59.3 Å². The SMILES string of the molecule is COC(=O)c1ccc(COc2ccccc2C#N)c(Br)c1. The molecule has 2 aromatic carbocycles. The summed E-state index contributed by atoms with van der Waals surface area (Å²) in [6.07, 6.45) is 0. The minimum Gasteiger partial charge on any atom is -0.487 e. The predicted octanol–water partition coefficient (Wildman–Crippen LogP) is 3.69. The molecule has 0 radical (unpaired) electrons. The number of para-hydroxylation sites is 1. The van der Waals surface area contributed by atoms with E-state index in [1.807, 2.05) is 6.07 Å². The molecular weight excluding hydrogens is 334 g/mol. The van der Waals surface area contributed by atoms with E-state index in [0.717, 1.165) is 10.0 Å². The summed E-state index contributed by atoms with van der Waals surface area (Å²) < 4.78 is 11.1. The van der Waals surface area contributed by atoms with Gasteiger partial charge in [0.25, 0.3) is 0 Å². The van der Waals surface area contributed by atoms with Crippen molar-refractivity contribution in [1.82, 2.24) is 0 Å². The van der Waals surface area contributed by atoms with Gasteiger partial charge in [-0.25, -0.2) is 4.79 Å². The summed E-state index contributed by atoms with van der Waals surface area (Å²) in [5.41, 5.74) is 1.82. The van der Waals surface area contributed by atoms with Crippen LogP contribution >= 0.6 is 15.9 Å². The Morgan fingerprint density at radius 3 is 2.71 bits per heavy atom. The van der Waals surface area contributed by atoms with Crippen molar-refractivity contribution in [1.29, 1.82) is 5.26 Å². The number of nitrogens with zero attached hydrogens (tertiary/aromatic N) is 1. The summed E-state index contributed by atoms with van der Waals surface area (Å²) in [6.45, 7) is 0.292. The lowest BCUT2D eigenvalue weighted by atomic mass is 10.1. The van der Waals surface area contributed by atoms with Gasteiger partial charge >= 0.3 is 5.97 Å². The van der Waals surface area contributed by atoms with Crippen molar-refractivity contribution in [3.63, 3.8) is 0 Å². The fourth-order valence-electron chi connectivity index (χ4n) is 1.75. The maximum Gasteiger partial charge on any atom is 0.337 e. The van der Waals surface area contributed by atoms with Gasteiger partial charge in [0.1, 0.15) is 18.4 Å². The largest absolute Gasteiger partial charge is 0.487 e. The smallest absolute Gasteiger partial charge is 0.337 e. The van der Waals surface area contributed by atoms with Crippen LogP contribution in [0.15, 0.2) is 46.9 Å². The summed E-state index contributed by atoms with van der Waals surface area (Å²) in [7, 11) is 1.34. The molecule has 0 saturated heterocycles. The first-order chi connectivity index (χ1) is 10.2. The number of hydrogen-bond acceptors (Lipinski definition) is 4. The molecule has 0 heterocycles. The average Bonchev–Trinajstić information content (AvgIpc) is 2.53. The van der Waals surface area contributed by atoms with Gasteiger partial charge in [0.05, 0.1) is 18.2 Å². The van der Waals surface area contributed by atoms with Crippen LogP contribution in [0.2, 0.25) is 0 Å². The molecule has 0 aliphatic rings. The first kappa shape index (κ1) is 15.1. The zero-order chi connectivity index (χ0) is 15.2. The van der Waals surface area contributed by atoms with E-state index >= 15 is 0 Å². The third-order valence-electron chi connectivity index (χ3n) is 2.86. The van der Waals surface area contributed by atoms with Gasteiger partial charge in [-0.05, 0) is 24.3 Å². The fourth-order valence-corrected chi connectivity index (χ4v) is 2.24. The van der Waals surface area contributed by atoms with Crippen molar-refractivity contribution in [2.45, 2.75) is 6.61 Å². The molecule has 0 amide bonds. The number of ether oxygens (including phenoxy) is 2. The highest BCUT2D eigenvalue weighted by atomic mass is 79.9. The Hall–Kier alpha value is -2.32. The molecule has 0 aliphatic carbocycles. The lowest BCUT2D eigenvalue weighted by molar-refractivity contribution is 0.0600. The monoisotopic (exact) mass is 345 g/mol. The molecule has 5 heteroatoms. The van der Waals surface area contributed by atoms with Crippen molar-refractivity contribution in [2.24, 2.45) is 0 Å². The maximum absolute atomic E-state index is 11.4. The lowest BCUT2D eigenvalue weighted by Gasteiger charge is -2.10. The third-order valence-corrected chi connectivity index (χ3v) is 3.60. The van der Waals surface area contributed by atoms with Crippen LogP contribution in [0, 0.1) is 11.3 Å². The highest BCUT2D eigenvalue weighted by Gasteiger charge is 2.09. The van der Waals surface area contributed by atoms with Crippen LogP contribution in [0.25, 0.3) is 0 Å². The number of benzene rings is 2. The molecule has 0 N–H and O–H groups in total. The molecule has 2 aromatic rings. The van der Waals surface area contributed by atoms with Gasteiger partial charge < -0.3 is 9.47 Å². The molecule has 0 saturated carbocycles. The number of methoxy groups -OCH3 is 1. The van der Waals surface area contributed by atoms with Crippen LogP contribution in [0.1, 0.15) is 21.5 Å². The number of nitriles is 1. The number of hydrogen-bond donors (Lipinski definition) is 0. The highest BCUT2D eigenvalue weighted by Crippen LogP contribution is 2.23. The minimum absolute atomic E-state index is 0.292. The molecule has 4 nitrogen and oxygen atoms in total. The van der Waals surface area contributed by atoms with Crippen molar-refractivity contribution in [3.05, 3.63) is 63.6 Å². The van der Waals surface area contributed by atoms with Crippen LogP contribution in [-0.2, 0) is 11.3 Å². The van der Waals surface area contributed by atoms with Crippen molar-refractivity contribution in [2.75, 3.05) is 7.11 Å². The molecule has 2 rings (SSSR count). The third kappa shape index (κ3) is 3.61. The molecule has 0 aromatic heterocycles. The van der Waals surface area contributed by atoms with E-state index in [1.165, 1.54) is 7.11 Å². The van der Waals surface area contributed by atoms with Gasteiger partial charge in [0, 0.05) is 10.0 Å². The van der Waals surface area contributed by atoms with Crippen LogP contribution in [-0.4, -0.2) is 13.1 Å². The Bertz CT molecular complexity index is 707. The van der Waals surface area contributed by atoms with Gasteiger partial charge in [0.15, 0.2) is 0 Å². The van der Waals surface area contributed by atoms with E-state index in [-0.39, 0.29) is 0 Å². The standard InChI is InChI=1S/C16H12BrNO3/c1-20-16(19)11-6-7-13(14(17)8-11)10-21-15-5-3-2-4-12(15)9-18/h2-8H,10H2,1H3. The highest BCUT2D eigenvalue weighted by molar-refractivity contribution is 9.10. The molecular formula is C16H12BrNO3.